The molecule has 1 saturated heterocycles. The summed E-state index contributed by atoms with van der Waals surface area (Å²) in [6.45, 7) is 1.76. The molecule has 3 aromatic rings. The van der Waals surface area contributed by atoms with Crippen molar-refractivity contribution in [2.24, 2.45) is 5.41 Å². The highest BCUT2D eigenvalue weighted by Crippen LogP contribution is 2.39. The number of aromatic nitrogens is 1. The van der Waals surface area contributed by atoms with Crippen LogP contribution in [0.25, 0.3) is 0 Å². The molecular weight excluding hydrogens is 436 g/mol. The predicted molar refractivity (Wildman–Crippen MR) is 124 cm³/mol. The fourth-order valence-corrected chi connectivity index (χ4v) is 4.24. The van der Waals surface area contributed by atoms with Crippen LogP contribution in [0.4, 0.5) is 16.2 Å². The number of hydrogen-bond donors (Lipinski definition) is 1. The SMILES string of the molecule is Cc1ccccc1N1C(=O)NC(=O)[C@](CCc2ccncc2)(Cc2ccccc2[N+](=O)[O-])C1=O. The van der Waals surface area contributed by atoms with Gasteiger partial charge in [-0.1, -0.05) is 36.4 Å². The van der Waals surface area contributed by atoms with Crippen molar-refractivity contribution in [3.63, 3.8) is 0 Å². The number of aryl methyl sites for hydroxylation is 2. The van der Waals surface area contributed by atoms with Crippen molar-refractivity contribution in [2.75, 3.05) is 4.90 Å². The maximum Gasteiger partial charge on any atom is 0.335 e. The summed E-state index contributed by atoms with van der Waals surface area (Å²) < 4.78 is 0. The topological polar surface area (TPSA) is 123 Å². The molecule has 9 nitrogen and oxygen atoms in total. The van der Waals surface area contributed by atoms with Crippen LogP contribution in [0.15, 0.2) is 73.1 Å². The molecule has 1 aromatic heterocycles. The Bertz CT molecular complexity index is 1280. The number of nitrogens with one attached hydrogen (secondary N) is 1. The second-order valence-electron chi connectivity index (χ2n) is 8.19. The molecule has 0 saturated carbocycles. The first kappa shape index (κ1) is 22.8. The Balaban J connectivity index is 1.82. The smallest absolute Gasteiger partial charge is 0.276 e. The van der Waals surface area contributed by atoms with E-state index in [9.17, 15) is 24.5 Å². The first-order chi connectivity index (χ1) is 16.3. The van der Waals surface area contributed by atoms with E-state index in [-0.39, 0.29) is 24.1 Å². The van der Waals surface area contributed by atoms with E-state index in [1.54, 1.807) is 61.8 Å². The third-order valence-electron chi connectivity index (χ3n) is 6.10. The van der Waals surface area contributed by atoms with Crippen LogP contribution in [0.1, 0.15) is 23.1 Å². The monoisotopic (exact) mass is 458 g/mol. The summed E-state index contributed by atoms with van der Waals surface area (Å²) in [6.07, 6.45) is 3.36. The number of amides is 4. The van der Waals surface area contributed by atoms with Crippen LogP contribution >= 0.6 is 0 Å². The van der Waals surface area contributed by atoms with Crippen LogP contribution in [0.5, 0.6) is 0 Å². The van der Waals surface area contributed by atoms with Gasteiger partial charge in [0.15, 0.2) is 0 Å². The molecule has 34 heavy (non-hydrogen) atoms. The molecule has 0 aliphatic carbocycles. The minimum atomic E-state index is -1.73. The zero-order valence-corrected chi connectivity index (χ0v) is 18.4. The number of nitro groups is 1. The Morgan fingerprint density at radius 2 is 1.68 bits per heavy atom. The van der Waals surface area contributed by atoms with Crippen LogP contribution in [0.3, 0.4) is 0 Å². The average Bonchev–Trinajstić information content (AvgIpc) is 2.83. The molecule has 1 aliphatic heterocycles. The first-order valence-electron chi connectivity index (χ1n) is 10.7. The molecule has 9 heteroatoms. The summed E-state index contributed by atoms with van der Waals surface area (Å²) in [4.78, 5) is 56.2. The number of imide groups is 2. The molecule has 1 atom stereocenters. The number of anilines is 1. The van der Waals surface area contributed by atoms with Crippen molar-refractivity contribution >= 4 is 29.2 Å². The quantitative estimate of drug-likeness (QED) is 0.327. The van der Waals surface area contributed by atoms with Crippen LogP contribution in [-0.2, 0) is 22.4 Å². The number of para-hydroxylation sites is 2. The Morgan fingerprint density at radius 1 is 1.00 bits per heavy atom. The van der Waals surface area contributed by atoms with E-state index in [2.05, 4.69) is 10.3 Å². The number of pyridine rings is 1. The highest BCUT2D eigenvalue weighted by atomic mass is 16.6. The minimum absolute atomic E-state index is 0.0450. The van der Waals surface area contributed by atoms with Crippen molar-refractivity contribution in [3.05, 3.63) is 99.9 Å². The van der Waals surface area contributed by atoms with Crippen molar-refractivity contribution < 1.29 is 19.3 Å². The van der Waals surface area contributed by atoms with Crippen molar-refractivity contribution in [1.29, 1.82) is 0 Å². The largest absolute Gasteiger partial charge is 0.335 e. The summed E-state index contributed by atoms with van der Waals surface area (Å²) in [5.41, 5.74) is 0.195. The lowest BCUT2D eigenvalue weighted by Gasteiger charge is -2.39. The molecule has 2 aromatic carbocycles. The minimum Gasteiger partial charge on any atom is -0.276 e. The van der Waals surface area contributed by atoms with Gasteiger partial charge in [0.25, 0.3) is 11.6 Å². The van der Waals surface area contributed by atoms with Gasteiger partial charge in [0.05, 0.1) is 10.6 Å². The molecule has 0 unspecified atom stereocenters. The maximum absolute atomic E-state index is 14.0. The van der Waals surface area contributed by atoms with E-state index in [0.29, 0.717) is 17.7 Å². The number of carbonyl (C=O) groups excluding carboxylic acids is 3. The molecule has 1 aliphatic rings. The number of urea groups is 1. The van der Waals surface area contributed by atoms with Gasteiger partial charge < -0.3 is 0 Å². The van der Waals surface area contributed by atoms with E-state index < -0.39 is 28.2 Å². The molecule has 4 amide bonds. The van der Waals surface area contributed by atoms with E-state index in [0.717, 1.165) is 10.5 Å². The lowest BCUT2D eigenvalue weighted by Crippen LogP contribution is -2.65. The molecule has 0 bridgehead atoms. The summed E-state index contributed by atoms with van der Waals surface area (Å²) in [5, 5.41) is 14.0. The van der Waals surface area contributed by atoms with Crippen molar-refractivity contribution in [2.45, 2.75) is 26.2 Å². The van der Waals surface area contributed by atoms with E-state index >= 15 is 0 Å². The number of barbiturate groups is 1. The number of rotatable bonds is 7. The van der Waals surface area contributed by atoms with Crippen LogP contribution in [0, 0.1) is 22.5 Å². The van der Waals surface area contributed by atoms with Crippen molar-refractivity contribution in [3.8, 4) is 0 Å². The van der Waals surface area contributed by atoms with Gasteiger partial charge in [0.2, 0.25) is 5.91 Å². The van der Waals surface area contributed by atoms with Crippen LogP contribution in [-0.4, -0.2) is 27.8 Å². The number of benzene rings is 2. The summed E-state index contributed by atoms with van der Waals surface area (Å²) in [5.74, 6) is -1.47. The fraction of sp³-hybridized carbons (Fsp3) is 0.200. The summed E-state index contributed by atoms with van der Waals surface area (Å²) >= 11 is 0. The van der Waals surface area contributed by atoms with Crippen molar-refractivity contribution in [1.82, 2.24) is 10.3 Å². The molecule has 1 N–H and O–H groups in total. The van der Waals surface area contributed by atoms with Crippen LogP contribution in [0.2, 0.25) is 0 Å². The van der Waals surface area contributed by atoms with Gasteiger partial charge in [-0.05, 0) is 49.1 Å². The number of nitrogens with zero attached hydrogens (tertiary/aromatic N) is 3. The van der Waals surface area contributed by atoms with Gasteiger partial charge in [0, 0.05) is 30.4 Å². The third kappa shape index (κ3) is 4.15. The standard InChI is InChI=1S/C25H22N4O5/c1-17-6-2-4-8-20(17)28-23(31)25(22(30)27-24(28)32,13-10-18-11-14-26-15-12-18)16-19-7-3-5-9-21(19)29(33)34/h2-9,11-12,14-15H,10,13,16H2,1H3,(H,27,30,32)/t25-/m0/s1. The molecule has 172 valence electrons. The van der Waals surface area contributed by atoms with Gasteiger partial charge >= 0.3 is 6.03 Å². The Labute approximate surface area is 195 Å². The molecule has 4 rings (SSSR count). The second kappa shape index (κ2) is 9.22. The highest BCUT2D eigenvalue weighted by Gasteiger charge is 2.54. The lowest BCUT2D eigenvalue weighted by molar-refractivity contribution is -0.385. The third-order valence-corrected chi connectivity index (χ3v) is 6.10. The van der Waals surface area contributed by atoms with E-state index in [1.807, 2.05) is 0 Å². The maximum atomic E-state index is 14.0. The Morgan fingerprint density at radius 3 is 2.38 bits per heavy atom. The molecule has 1 fully saturated rings. The molecule has 2 heterocycles. The van der Waals surface area contributed by atoms with Gasteiger partial charge in [0.1, 0.15) is 5.41 Å². The van der Waals surface area contributed by atoms with Crippen LogP contribution < -0.4 is 10.2 Å². The normalized spacial score (nSPS) is 18.0. The average molecular weight is 458 g/mol. The summed E-state index contributed by atoms with van der Waals surface area (Å²) in [6, 6.07) is 15.6. The van der Waals surface area contributed by atoms with E-state index in [4.69, 9.17) is 0 Å². The molecule has 0 radical (unpaired) electrons. The Kier molecular flexibility index (Phi) is 6.18. The molecule has 0 spiro atoms. The van der Waals surface area contributed by atoms with E-state index in [1.165, 1.54) is 18.2 Å². The van der Waals surface area contributed by atoms with Gasteiger partial charge in [-0.25, -0.2) is 9.69 Å². The Hall–Kier alpha value is -4.40. The predicted octanol–water partition coefficient (Wildman–Crippen LogP) is 3.74. The van der Waals surface area contributed by atoms with Gasteiger partial charge in [-0.15, -0.1) is 0 Å². The highest BCUT2D eigenvalue weighted by molar-refractivity contribution is 6.30. The lowest BCUT2D eigenvalue weighted by atomic mass is 9.73. The van der Waals surface area contributed by atoms with Gasteiger partial charge in [-0.3, -0.25) is 30.0 Å². The molecular formula is C25H22N4O5. The van der Waals surface area contributed by atoms with Gasteiger partial charge in [-0.2, -0.15) is 0 Å². The zero-order chi connectivity index (χ0) is 24.3. The zero-order valence-electron chi connectivity index (χ0n) is 18.4. The second-order valence-corrected chi connectivity index (χ2v) is 8.19. The number of nitro benzene ring substituents is 1. The number of carbonyl (C=O) groups is 3. The first-order valence-corrected chi connectivity index (χ1v) is 10.7. The summed E-state index contributed by atoms with van der Waals surface area (Å²) in [7, 11) is 0. The fourth-order valence-electron chi connectivity index (χ4n) is 4.24. The number of hydrogen-bond acceptors (Lipinski definition) is 6.